The lowest BCUT2D eigenvalue weighted by Crippen LogP contribution is -2.27. The van der Waals surface area contributed by atoms with Crippen LogP contribution in [0.5, 0.6) is 0 Å². The molecular formula is C15H17BrN2O2S. The van der Waals surface area contributed by atoms with Crippen molar-refractivity contribution >= 4 is 33.0 Å². The zero-order valence-electron chi connectivity index (χ0n) is 11.9. The van der Waals surface area contributed by atoms with Gasteiger partial charge in [-0.25, -0.2) is 0 Å². The van der Waals surface area contributed by atoms with E-state index in [0.29, 0.717) is 17.1 Å². The van der Waals surface area contributed by atoms with E-state index >= 15 is 0 Å². The summed E-state index contributed by atoms with van der Waals surface area (Å²) in [6, 6.07) is 9.71. The first-order chi connectivity index (χ1) is 9.97. The summed E-state index contributed by atoms with van der Waals surface area (Å²) in [5.74, 6) is 0. The highest BCUT2D eigenvalue weighted by Crippen LogP contribution is 2.28. The fraction of sp³-hybridized carbons (Fsp3) is 0.333. The van der Waals surface area contributed by atoms with E-state index in [1.807, 2.05) is 17.4 Å². The Balaban J connectivity index is 1.96. The maximum Gasteiger partial charge on any atom is 0.283 e. The molecule has 4 nitrogen and oxygen atoms in total. The van der Waals surface area contributed by atoms with Crippen molar-refractivity contribution in [2.75, 3.05) is 0 Å². The second kappa shape index (κ2) is 7.15. The third-order valence-corrected chi connectivity index (χ3v) is 5.14. The van der Waals surface area contributed by atoms with Crippen LogP contribution in [0.4, 0.5) is 5.69 Å². The Kier molecular flexibility index (Phi) is 5.50. The minimum atomic E-state index is -0.370. The van der Waals surface area contributed by atoms with Crippen LogP contribution >= 0.6 is 27.3 Å². The molecule has 0 saturated heterocycles. The van der Waals surface area contributed by atoms with Crippen LogP contribution in [0.3, 0.4) is 0 Å². The van der Waals surface area contributed by atoms with Gasteiger partial charge < -0.3 is 5.32 Å². The molecule has 21 heavy (non-hydrogen) atoms. The van der Waals surface area contributed by atoms with Gasteiger partial charge in [-0.05, 0) is 53.9 Å². The van der Waals surface area contributed by atoms with Crippen LogP contribution in [0, 0.1) is 17.0 Å². The van der Waals surface area contributed by atoms with Gasteiger partial charge in [-0.1, -0.05) is 12.1 Å². The lowest BCUT2D eigenvalue weighted by atomic mass is 10.1. The molecule has 1 aromatic heterocycles. The van der Waals surface area contributed by atoms with E-state index in [2.05, 4.69) is 47.2 Å². The highest BCUT2D eigenvalue weighted by atomic mass is 79.9. The Morgan fingerprint density at radius 3 is 2.76 bits per heavy atom. The van der Waals surface area contributed by atoms with Crippen LogP contribution in [-0.2, 0) is 13.0 Å². The molecule has 0 aliphatic heterocycles. The summed E-state index contributed by atoms with van der Waals surface area (Å²) in [6.45, 7) is 4.83. The third kappa shape index (κ3) is 4.36. The van der Waals surface area contributed by atoms with E-state index in [0.717, 1.165) is 12.0 Å². The highest BCUT2D eigenvalue weighted by molar-refractivity contribution is 9.10. The molecule has 1 atom stereocenters. The van der Waals surface area contributed by atoms with Gasteiger partial charge in [-0.15, -0.1) is 11.3 Å². The van der Waals surface area contributed by atoms with Gasteiger partial charge in [0.15, 0.2) is 0 Å². The van der Waals surface area contributed by atoms with E-state index in [9.17, 15) is 10.1 Å². The van der Waals surface area contributed by atoms with Crippen molar-refractivity contribution < 1.29 is 4.92 Å². The summed E-state index contributed by atoms with van der Waals surface area (Å²) in [5, 5.41) is 14.3. The van der Waals surface area contributed by atoms with Crippen molar-refractivity contribution in [3.63, 3.8) is 0 Å². The summed E-state index contributed by atoms with van der Waals surface area (Å²) >= 11 is 5.13. The number of nitrogens with zero attached hydrogens (tertiary/aromatic N) is 1. The summed E-state index contributed by atoms with van der Waals surface area (Å²) in [6.07, 6.45) is 0.963. The standard InChI is InChI=1S/C15H17BrN2O2S/c1-10(8-13-7-6-11(2)21-13)17-9-12-4-3-5-14(15(12)16)18(19)20/h3-7,10,17H,8-9H2,1-2H3. The van der Waals surface area contributed by atoms with Gasteiger partial charge in [-0.2, -0.15) is 0 Å². The van der Waals surface area contributed by atoms with Crippen molar-refractivity contribution in [3.05, 3.63) is 60.2 Å². The largest absolute Gasteiger partial charge is 0.310 e. The zero-order chi connectivity index (χ0) is 15.4. The molecule has 112 valence electrons. The first kappa shape index (κ1) is 16.1. The van der Waals surface area contributed by atoms with E-state index in [1.54, 1.807) is 6.07 Å². The van der Waals surface area contributed by atoms with Gasteiger partial charge >= 0.3 is 0 Å². The average Bonchev–Trinajstić information content (AvgIpc) is 2.82. The minimum Gasteiger partial charge on any atom is -0.310 e. The number of halogens is 1. The van der Waals surface area contributed by atoms with Gasteiger partial charge in [0.2, 0.25) is 0 Å². The maximum absolute atomic E-state index is 10.9. The van der Waals surface area contributed by atoms with Crippen molar-refractivity contribution in [1.29, 1.82) is 0 Å². The molecule has 2 aromatic rings. The Morgan fingerprint density at radius 1 is 1.38 bits per heavy atom. The third-order valence-electron chi connectivity index (χ3n) is 3.20. The van der Waals surface area contributed by atoms with Crippen LogP contribution in [0.1, 0.15) is 22.2 Å². The molecule has 0 bridgehead atoms. The topological polar surface area (TPSA) is 55.2 Å². The number of nitrogens with one attached hydrogen (secondary N) is 1. The predicted octanol–water partition coefficient (Wildman–Crippen LogP) is 4.45. The Hall–Kier alpha value is -1.24. The minimum absolute atomic E-state index is 0.107. The van der Waals surface area contributed by atoms with Gasteiger partial charge in [0, 0.05) is 28.4 Å². The number of aryl methyl sites for hydroxylation is 1. The molecule has 1 unspecified atom stereocenters. The normalized spacial score (nSPS) is 12.3. The number of hydrogen-bond donors (Lipinski definition) is 1. The van der Waals surface area contributed by atoms with Crippen LogP contribution in [0.2, 0.25) is 0 Å². The van der Waals surface area contributed by atoms with Gasteiger partial charge in [0.25, 0.3) is 5.69 Å². The van der Waals surface area contributed by atoms with Crippen molar-refractivity contribution in [2.24, 2.45) is 0 Å². The van der Waals surface area contributed by atoms with E-state index in [4.69, 9.17) is 0 Å². The average molecular weight is 369 g/mol. The van der Waals surface area contributed by atoms with Gasteiger partial charge in [0.05, 0.1) is 9.40 Å². The van der Waals surface area contributed by atoms with E-state index in [1.165, 1.54) is 15.8 Å². The van der Waals surface area contributed by atoms with Crippen LogP contribution in [0.15, 0.2) is 34.8 Å². The molecule has 0 saturated carbocycles. The number of benzene rings is 1. The van der Waals surface area contributed by atoms with Crippen molar-refractivity contribution in [3.8, 4) is 0 Å². The molecule has 0 radical (unpaired) electrons. The summed E-state index contributed by atoms with van der Waals surface area (Å²) in [7, 11) is 0. The fourth-order valence-electron chi connectivity index (χ4n) is 2.10. The Labute approximate surface area is 136 Å². The molecule has 0 aliphatic carbocycles. The first-order valence-electron chi connectivity index (χ1n) is 6.68. The Bertz CT molecular complexity index is 642. The predicted molar refractivity (Wildman–Crippen MR) is 89.9 cm³/mol. The van der Waals surface area contributed by atoms with Crippen molar-refractivity contribution in [2.45, 2.75) is 32.9 Å². The molecule has 1 aromatic carbocycles. The molecule has 0 fully saturated rings. The fourth-order valence-corrected chi connectivity index (χ4v) is 3.67. The SMILES string of the molecule is Cc1ccc(CC(C)NCc2cccc([N+](=O)[O-])c2Br)s1. The molecule has 2 rings (SSSR count). The van der Waals surface area contributed by atoms with E-state index in [-0.39, 0.29) is 10.6 Å². The molecule has 0 spiro atoms. The first-order valence-corrected chi connectivity index (χ1v) is 8.29. The summed E-state index contributed by atoms with van der Waals surface area (Å²) in [4.78, 5) is 13.2. The van der Waals surface area contributed by atoms with Gasteiger partial charge in [0.1, 0.15) is 0 Å². The number of hydrogen-bond acceptors (Lipinski definition) is 4. The lowest BCUT2D eigenvalue weighted by Gasteiger charge is -2.13. The lowest BCUT2D eigenvalue weighted by molar-refractivity contribution is -0.385. The van der Waals surface area contributed by atoms with Crippen molar-refractivity contribution in [1.82, 2.24) is 5.32 Å². The second-order valence-corrected chi connectivity index (χ2v) is 7.17. The second-order valence-electron chi connectivity index (χ2n) is 5.01. The van der Waals surface area contributed by atoms with Crippen LogP contribution < -0.4 is 5.32 Å². The maximum atomic E-state index is 10.9. The molecule has 1 N–H and O–H groups in total. The molecule has 1 heterocycles. The molecule has 6 heteroatoms. The Morgan fingerprint density at radius 2 is 2.14 bits per heavy atom. The highest BCUT2D eigenvalue weighted by Gasteiger charge is 2.15. The molecule has 0 amide bonds. The van der Waals surface area contributed by atoms with Gasteiger partial charge in [-0.3, -0.25) is 10.1 Å². The number of nitro groups is 1. The summed E-state index contributed by atoms with van der Waals surface area (Å²) in [5.41, 5.74) is 1.01. The number of rotatable bonds is 6. The quantitative estimate of drug-likeness (QED) is 0.605. The van der Waals surface area contributed by atoms with E-state index < -0.39 is 0 Å². The zero-order valence-corrected chi connectivity index (χ0v) is 14.3. The van der Waals surface area contributed by atoms with Crippen LogP contribution in [-0.4, -0.2) is 11.0 Å². The number of nitro benzene ring substituents is 1. The number of thiophene rings is 1. The smallest absolute Gasteiger partial charge is 0.283 e. The monoisotopic (exact) mass is 368 g/mol. The summed E-state index contributed by atoms with van der Waals surface area (Å²) < 4.78 is 0.557. The molecule has 0 aliphatic rings. The molecular weight excluding hydrogens is 352 g/mol. The van der Waals surface area contributed by atoms with Crippen LogP contribution in [0.25, 0.3) is 0 Å².